The molecule has 0 bridgehead atoms. The van der Waals surface area contributed by atoms with Gasteiger partial charge in [-0.3, -0.25) is 19.7 Å². The lowest BCUT2D eigenvalue weighted by molar-refractivity contribution is -0.133. The van der Waals surface area contributed by atoms with Crippen LogP contribution < -0.4 is 15.5 Å². The van der Waals surface area contributed by atoms with Crippen LogP contribution in [0.5, 0.6) is 0 Å². The molecule has 0 unspecified atom stereocenters. The lowest BCUT2D eigenvalue weighted by atomic mass is 10.1. The van der Waals surface area contributed by atoms with E-state index in [0.717, 1.165) is 24.1 Å². The molecule has 1 fully saturated rings. The molecule has 3 rings (SSSR count). The van der Waals surface area contributed by atoms with Gasteiger partial charge in [-0.1, -0.05) is 11.2 Å². The molecule has 0 atom stereocenters. The first-order chi connectivity index (χ1) is 12.4. The minimum atomic E-state index is -0.852. The standard InChI is InChI=1S/C18H20N4O4/c1-11-6-7-13(10-14(11)22-8-4-3-5-16(22)23)19-17(24)18(25)20-15-9-12(2)26-21-15/h6-7,9-10H,3-5,8H2,1-2H3,(H,19,24)(H,20,21,25). The number of piperidine rings is 1. The van der Waals surface area contributed by atoms with E-state index in [1.807, 2.05) is 13.0 Å². The van der Waals surface area contributed by atoms with Crippen LogP contribution in [0, 0.1) is 13.8 Å². The second-order valence-corrected chi connectivity index (χ2v) is 6.23. The summed E-state index contributed by atoms with van der Waals surface area (Å²) in [5.41, 5.74) is 2.13. The Bertz CT molecular complexity index is 859. The van der Waals surface area contributed by atoms with Crippen molar-refractivity contribution >= 4 is 34.9 Å². The Morgan fingerprint density at radius 2 is 1.88 bits per heavy atom. The molecule has 2 heterocycles. The van der Waals surface area contributed by atoms with Gasteiger partial charge in [0.1, 0.15) is 5.76 Å². The molecule has 2 aromatic rings. The van der Waals surface area contributed by atoms with Gasteiger partial charge in [-0.2, -0.15) is 0 Å². The van der Waals surface area contributed by atoms with E-state index < -0.39 is 11.8 Å². The van der Waals surface area contributed by atoms with E-state index in [9.17, 15) is 14.4 Å². The maximum absolute atomic E-state index is 12.2. The highest BCUT2D eigenvalue weighted by Gasteiger charge is 2.22. The highest BCUT2D eigenvalue weighted by atomic mass is 16.5. The molecule has 1 aliphatic rings. The monoisotopic (exact) mass is 356 g/mol. The van der Waals surface area contributed by atoms with Gasteiger partial charge < -0.3 is 14.7 Å². The molecule has 0 aliphatic carbocycles. The molecule has 2 N–H and O–H groups in total. The fourth-order valence-corrected chi connectivity index (χ4v) is 2.82. The summed E-state index contributed by atoms with van der Waals surface area (Å²) in [4.78, 5) is 37.9. The van der Waals surface area contributed by atoms with E-state index in [0.29, 0.717) is 24.4 Å². The quantitative estimate of drug-likeness (QED) is 0.822. The topological polar surface area (TPSA) is 105 Å². The third-order valence-corrected chi connectivity index (χ3v) is 4.16. The second-order valence-electron chi connectivity index (χ2n) is 6.23. The maximum atomic E-state index is 12.2. The first-order valence-electron chi connectivity index (χ1n) is 8.41. The van der Waals surface area contributed by atoms with Crippen molar-refractivity contribution < 1.29 is 18.9 Å². The number of nitrogens with one attached hydrogen (secondary N) is 2. The fourth-order valence-electron chi connectivity index (χ4n) is 2.82. The van der Waals surface area contributed by atoms with Crippen molar-refractivity contribution in [1.29, 1.82) is 0 Å². The second kappa shape index (κ2) is 7.38. The summed E-state index contributed by atoms with van der Waals surface area (Å²) in [6.45, 7) is 4.24. The smallest absolute Gasteiger partial charge is 0.315 e. The van der Waals surface area contributed by atoms with E-state index in [-0.39, 0.29) is 11.7 Å². The van der Waals surface area contributed by atoms with Gasteiger partial charge in [0.25, 0.3) is 0 Å². The Balaban J connectivity index is 1.71. The van der Waals surface area contributed by atoms with Crippen molar-refractivity contribution in [2.24, 2.45) is 0 Å². The number of anilines is 3. The van der Waals surface area contributed by atoms with E-state index in [1.165, 1.54) is 6.07 Å². The first-order valence-corrected chi connectivity index (χ1v) is 8.41. The number of carbonyl (C=O) groups excluding carboxylic acids is 3. The van der Waals surface area contributed by atoms with Crippen LogP contribution in [0.25, 0.3) is 0 Å². The van der Waals surface area contributed by atoms with Crippen molar-refractivity contribution in [2.75, 3.05) is 22.1 Å². The fraction of sp³-hybridized carbons (Fsp3) is 0.333. The molecular formula is C18H20N4O4. The molecule has 3 amide bonds. The average Bonchev–Trinajstić information content (AvgIpc) is 3.02. The Morgan fingerprint density at radius 1 is 1.12 bits per heavy atom. The Morgan fingerprint density at radius 3 is 2.58 bits per heavy atom. The molecular weight excluding hydrogens is 336 g/mol. The molecule has 0 saturated carbocycles. The zero-order valence-corrected chi connectivity index (χ0v) is 14.7. The SMILES string of the molecule is Cc1cc(NC(=O)C(=O)Nc2ccc(C)c(N3CCCCC3=O)c2)no1. The third-order valence-electron chi connectivity index (χ3n) is 4.16. The van der Waals surface area contributed by atoms with Crippen molar-refractivity contribution in [2.45, 2.75) is 33.1 Å². The lowest BCUT2D eigenvalue weighted by Crippen LogP contribution is -2.35. The van der Waals surface area contributed by atoms with E-state index in [4.69, 9.17) is 4.52 Å². The summed E-state index contributed by atoms with van der Waals surface area (Å²) in [5, 5.41) is 8.51. The highest BCUT2D eigenvalue weighted by Crippen LogP contribution is 2.27. The molecule has 0 spiro atoms. The minimum Gasteiger partial charge on any atom is -0.360 e. The largest absolute Gasteiger partial charge is 0.360 e. The van der Waals surface area contributed by atoms with E-state index in [2.05, 4.69) is 15.8 Å². The number of hydrogen-bond acceptors (Lipinski definition) is 5. The van der Waals surface area contributed by atoms with E-state index in [1.54, 1.807) is 24.0 Å². The van der Waals surface area contributed by atoms with Crippen molar-refractivity contribution in [3.8, 4) is 0 Å². The first kappa shape index (κ1) is 17.7. The van der Waals surface area contributed by atoms with Crippen LogP contribution in [-0.4, -0.2) is 29.4 Å². The molecule has 1 aliphatic heterocycles. The minimum absolute atomic E-state index is 0.0713. The number of carbonyl (C=O) groups is 3. The van der Waals surface area contributed by atoms with Gasteiger partial charge in [-0.05, 0) is 44.4 Å². The molecule has 8 nitrogen and oxygen atoms in total. The average molecular weight is 356 g/mol. The summed E-state index contributed by atoms with van der Waals surface area (Å²) < 4.78 is 4.84. The molecule has 136 valence electrons. The summed E-state index contributed by atoms with van der Waals surface area (Å²) in [6, 6.07) is 6.73. The van der Waals surface area contributed by atoms with Gasteiger partial charge in [-0.15, -0.1) is 0 Å². The molecule has 1 aromatic carbocycles. The van der Waals surface area contributed by atoms with Gasteiger partial charge in [0.15, 0.2) is 5.82 Å². The van der Waals surface area contributed by atoms with E-state index >= 15 is 0 Å². The summed E-state index contributed by atoms with van der Waals surface area (Å²) in [7, 11) is 0. The summed E-state index contributed by atoms with van der Waals surface area (Å²) >= 11 is 0. The molecule has 1 aromatic heterocycles. The van der Waals surface area contributed by atoms with Crippen LogP contribution >= 0.6 is 0 Å². The number of rotatable bonds is 3. The zero-order chi connectivity index (χ0) is 18.7. The molecule has 1 saturated heterocycles. The zero-order valence-electron chi connectivity index (χ0n) is 14.7. The van der Waals surface area contributed by atoms with Gasteiger partial charge in [0, 0.05) is 30.4 Å². The number of nitrogens with zero attached hydrogens (tertiary/aromatic N) is 2. The van der Waals surface area contributed by atoms with Gasteiger partial charge in [0.2, 0.25) is 5.91 Å². The van der Waals surface area contributed by atoms with Crippen molar-refractivity contribution in [3.05, 3.63) is 35.6 Å². The highest BCUT2D eigenvalue weighted by molar-refractivity contribution is 6.43. The predicted molar refractivity (Wildman–Crippen MR) is 95.9 cm³/mol. The van der Waals surface area contributed by atoms with Gasteiger partial charge in [-0.25, -0.2) is 0 Å². The van der Waals surface area contributed by atoms with Crippen LogP contribution in [-0.2, 0) is 14.4 Å². The summed E-state index contributed by atoms with van der Waals surface area (Å²) in [6.07, 6.45) is 2.36. The molecule has 8 heteroatoms. The number of aromatic nitrogens is 1. The van der Waals surface area contributed by atoms with Crippen LogP contribution in [0.4, 0.5) is 17.2 Å². The number of aryl methyl sites for hydroxylation is 2. The Kier molecular flexibility index (Phi) is 5.01. The normalized spacial score (nSPS) is 14.2. The lowest BCUT2D eigenvalue weighted by Gasteiger charge is -2.28. The van der Waals surface area contributed by atoms with Crippen molar-refractivity contribution in [3.63, 3.8) is 0 Å². The van der Waals surface area contributed by atoms with Crippen LogP contribution in [0.15, 0.2) is 28.8 Å². The Labute approximate surface area is 150 Å². The third kappa shape index (κ3) is 3.90. The van der Waals surface area contributed by atoms with Crippen LogP contribution in [0.2, 0.25) is 0 Å². The Hall–Kier alpha value is -3.16. The van der Waals surface area contributed by atoms with Gasteiger partial charge in [0.05, 0.1) is 0 Å². The van der Waals surface area contributed by atoms with Crippen LogP contribution in [0.1, 0.15) is 30.6 Å². The van der Waals surface area contributed by atoms with Crippen molar-refractivity contribution in [1.82, 2.24) is 5.16 Å². The number of benzene rings is 1. The number of amides is 3. The summed E-state index contributed by atoms with van der Waals surface area (Å²) in [5.74, 6) is -0.914. The number of hydrogen-bond donors (Lipinski definition) is 2. The predicted octanol–water partition coefficient (Wildman–Crippen LogP) is 2.39. The van der Waals surface area contributed by atoms with Gasteiger partial charge >= 0.3 is 11.8 Å². The maximum Gasteiger partial charge on any atom is 0.315 e. The molecule has 26 heavy (non-hydrogen) atoms. The molecule has 0 radical (unpaired) electrons. The van der Waals surface area contributed by atoms with Crippen LogP contribution in [0.3, 0.4) is 0 Å².